The van der Waals surface area contributed by atoms with Crippen molar-refractivity contribution in [3.05, 3.63) is 68.1 Å². The third-order valence-electron chi connectivity index (χ3n) is 3.14. The maximum atomic E-state index is 10.6. The van der Waals surface area contributed by atoms with Crippen LogP contribution in [0.4, 0.5) is 0 Å². The molecule has 0 saturated carbocycles. The standard InChI is InChI=1S/C15H14BrCl2NO/c16-11-3-1-2-9(4-11)14(8-19)15(20)10-5-12(17)7-13(18)6-10/h1-7,14-15,20H,8,19H2. The van der Waals surface area contributed by atoms with Gasteiger partial charge in [-0.2, -0.15) is 0 Å². The molecule has 0 radical (unpaired) electrons. The topological polar surface area (TPSA) is 46.2 Å². The molecule has 3 N–H and O–H groups in total. The van der Waals surface area contributed by atoms with Gasteiger partial charge in [0.15, 0.2) is 0 Å². The summed E-state index contributed by atoms with van der Waals surface area (Å²) in [5, 5.41) is 11.6. The van der Waals surface area contributed by atoms with Crippen LogP contribution in [0.2, 0.25) is 10.0 Å². The summed E-state index contributed by atoms with van der Waals surface area (Å²) in [5.41, 5.74) is 7.46. The van der Waals surface area contributed by atoms with Crippen LogP contribution in [0.5, 0.6) is 0 Å². The highest BCUT2D eigenvalue weighted by molar-refractivity contribution is 9.10. The highest BCUT2D eigenvalue weighted by Crippen LogP contribution is 2.33. The summed E-state index contributed by atoms with van der Waals surface area (Å²) in [6.07, 6.45) is -0.759. The number of aliphatic hydroxyl groups excluding tert-OH is 1. The van der Waals surface area contributed by atoms with Gasteiger partial charge in [0, 0.05) is 27.0 Å². The van der Waals surface area contributed by atoms with Gasteiger partial charge < -0.3 is 10.8 Å². The maximum absolute atomic E-state index is 10.6. The van der Waals surface area contributed by atoms with Gasteiger partial charge in [0.25, 0.3) is 0 Å². The first kappa shape index (κ1) is 15.8. The summed E-state index contributed by atoms with van der Waals surface area (Å²) in [6, 6.07) is 12.8. The fourth-order valence-corrected chi connectivity index (χ4v) is 3.12. The second-order valence-electron chi connectivity index (χ2n) is 4.54. The van der Waals surface area contributed by atoms with Crippen molar-refractivity contribution in [3.63, 3.8) is 0 Å². The summed E-state index contributed by atoms with van der Waals surface area (Å²) in [6.45, 7) is 0.321. The van der Waals surface area contributed by atoms with Crippen LogP contribution in [0, 0.1) is 0 Å². The molecular formula is C15H14BrCl2NO. The molecule has 2 rings (SSSR count). The Labute approximate surface area is 136 Å². The van der Waals surface area contributed by atoms with E-state index in [9.17, 15) is 5.11 Å². The SMILES string of the molecule is NCC(c1cccc(Br)c1)C(O)c1cc(Cl)cc(Cl)c1. The molecule has 5 heteroatoms. The zero-order chi connectivity index (χ0) is 14.7. The molecule has 0 aliphatic rings. The molecule has 0 amide bonds. The molecule has 0 aromatic heterocycles. The number of halogens is 3. The first-order valence-electron chi connectivity index (χ1n) is 6.11. The van der Waals surface area contributed by atoms with E-state index in [4.69, 9.17) is 28.9 Å². The predicted octanol–water partition coefficient (Wildman–Crippen LogP) is 4.53. The van der Waals surface area contributed by atoms with Gasteiger partial charge in [0.05, 0.1) is 6.10 Å². The van der Waals surface area contributed by atoms with Gasteiger partial charge in [0.1, 0.15) is 0 Å². The molecule has 2 unspecified atom stereocenters. The normalized spacial score (nSPS) is 14.1. The van der Waals surface area contributed by atoms with Crippen LogP contribution >= 0.6 is 39.1 Å². The summed E-state index contributed by atoms with van der Waals surface area (Å²) in [4.78, 5) is 0. The number of aliphatic hydroxyl groups is 1. The lowest BCUT2D eigenvalue weighted by molar-refractivity contribution is 0.147. The van der Waals surface area contributed by atoms with Crippen molar-refractivity contribution < 1.29 is 5.11 Å². The molecule has 0 aliphatic heterocycles. The van der Waals surface area contributed by atoms with Gasteiger partial charge in [0.2, 0.25) is 0 Å². The fraction of sp³-hybridized carbons (Fsp3) is 0.200. The van der Waals surface area contributed by atoms with Crippen LogP contribution in [0.1, 0.15) is 23.1 Å². The highest BCUT2D eigenvalue weighted by atomic mass is 79.9. The maximum Gasteiger partial charge on any atom is 0.0871 e. The summed E-state index contributed by atoms with van der Waals surface area (Å²) >= 11 is 15.4. The van der Waals surface area contributed by atoms with E-state index < -0.39 is 6.10 Å². The monoisotopic (exact) mass is 373 g/mol. The third kappa shape index (κ3) is 3.74. The van der Waals surface area contributed by atoms with Gasteiger partial charge in [-0.25, -0.2) is 0 Å². The van der Waals surface area contributed by atoms with Crippen molar-refractivity contribution >= 4 is 39.1 Å². The van der Waals surface area contributed by atoms with Gasteiger partial charge in [-0.15, -0.1) is 0 Å². The summed E-state index contributed by atoms with van der Waals surface area (Å²) in [5.74, 6) is -0.220. The van der Waals surface area contributed by atoms with Crippen molar-refractivity contribution in [1.29, 1.82) is 0 Å². The molecule has 0 spiro atoms. The predicted molar refractivity (Wildman–Crippen MR) is 87.4 cm³/mol. The Morgan fingerprint density at radius 2 is 1.70 bits per heavy atom. The number of benzene rings is 2. The van der Waals surface area contributed by atoms with Crippen LogP contribution in [0.3, 0.4) is 0 Å². The zero-order valence-electron chi connectivity index (χ0n) is 10.6. The average Bonchev–Trinajstić information content (AvgIpc) is 2.38. The second-order valence-corrected chi connectivity index (χ2v) is 6.33. The Kier molecular flexibility index (Phi) is 5.47. The summed E-state index contributed by atoms with van der Waals surface area (Å²) < 4.78 is 0.949. The van der Waals surface area contributed by atoms with Crippen molar-refractivity contribution in [3.8, 4) is 0 Å². The van der Waals surface area contributed by atoms with E-state index in [1.54, 1.807) is 18.2 Å². The van der Waals surface area contributed by atoms with Gasteiger partial charge in [-0.1, -0.05) is 51.3 Å². The number of nitrogens with two attached hydrogens (primary N) is 1. The second kappa shape index (κ2) is 6.92. The Morgan fingerprint density at radius 3 is 2.25 bits per heavy atom. The molecule has 2 atom stereocenters. The van der Waals surface area contributed by atoms with E-state index in [1.165, 1.54) is 0 Å². The van der Waals surface area contributed by atoms with E-state index >= 15 is 0 Å². The van der Waals surface area contributed by atoms with Crippen LogP contribution in [-0.2, 0) is 0 Å². The molecule has 0 heterocycles. The Morgan fingerprint density at radius 1 is 1.05 bits per heavy atom. The molecular weight excluding hydrogens is 361 g/mol. The van der Waals surface area contributed by atoms with Crippen molar-refractivity contribution in [1.82, 2.24) is 0 Å². The van der Waals surface area contributed by atoms with E-state index in [1.807, 2.05) is 24.3 Å². The van der Waals surface area contributed by atoms with Crippen molar-refractivity contribution in [2.45, 2.75) is 12.0 Å². The van der Waals surface area contributed by atoms with Crippen LogP contribution in [-0.4, -0.2) is 11.7 Å². The minimum atomic E-state index is -0.759. The molecule has 0 fully saturated rings. The number of hydrogen-bond donors (Lipinski definition) is 2. The van der Waals surface area contributed by atoms with Gasteiger partial charge >= 0.3 is 0 Å². The smallest absolute Gasteiger partial charge is 0.0871 e. The molecule has 0 saturated heterocycles. The fourth-order valence-electron chi connectivity index (χ4n) is 2.16. The molecule has 0 bridgehead atoms. The lowest BCUT2D eigenvalue weighted by Crippen LogP contribution is -2.20. The third-order valence-corrected chi connectivity index (χ3v) is 4.07. The first-order chi connectivity index (χ1) is 9.51. The minimum absolute atomic E-state index is 0.220. The summed E-state index contributed by atoms with van der Waals surface area (Å²) in [7, 11) is 0. The van der Waals surface area contributed by atoms with Crippen LogP contribution in [0.25, 0.3) is 0 Å². The van der Waals surface area contributed by atoms with Crippen molar-refractivity contribution in [2.24, 2.45) is 5.73 Å². The largest absolute Gasteiger partial charge is 0.388 e. The lowest BCUT2D eigenvalue weighted by Gasteiger charge is -2.23. The Balaban J connectivity index is 2.35. The van der Waals surface area contributed by atoms with Gasteiger partial charge in [-0.05, 0) is 41.5 Å². The van der Waals surface area contributed by atoms with Crippen molar-refractivity contribution in [2.75, 3.05) is 6.54 Å². The zero-order valence-corrected chi connectivity index (χ0v) is 13.7. The van der Waals surface area contributed by atoms with Crippen LogP contribution < -0.4 is 5.73 Å². The molecule has 2 aromatic rings. The molecule has 0 aliphatic carbocycles. The van der Waals surface area contributed by atoms with E-state index in [0.29, 0.717) is 22.2 Å². The van der Waals surface area contributed by atoms with Crippen LogP contribution in [0.15, 0.2) is 46.9 Å². The first-order valence-corrected chi connectivity index (χ1v) is 7.65. The quantitative estimate of drug-likeness (QED) is 0.825. The average molecular weight is 375 g/mol. The highest BCUT2D eigenvalue weighted by Gasteiger charge is 2.22. The number of hydrogen-bond acceptors (Lipinski definition) is 2. The van der Waals surface area contributed by atoms with E-state index in [-0.39, 0.29) is 5.92 Å². The molecule has 2 nitrogen and oxygen atoms in total. The lowest BCUT2D eigenvalue weighted by atomic mass is 9.89. The minimum Gasteiger partial charge on any atom is -0.388 e. The van der Waals surface area contributed by atoms with E-state index in [0.717, 1.165) is 10.0 Å². The molecule has 2 aromatic carbocycles. The number of rotatable bonds is 4. The molecule has 106 valence electrons. The van der Waals surface area contributed by atoms with E-state index in [2.05, 4.69) is 15.9 Å². The Bertz CT molecular complexity index is 586. The molecule has 20 heavy (non-hydrogen) atoms. The van der Waals surface area contributed by atoms with Gasteiger partial charge in [-0.3, -0.25) is 0 Å². The Hall–Kier alpha value is -0.580.